The lowest BCUT2D eigenvalue weighted by molar-refractivity contribution is -0.146. The van der Waals surface area contributed by atoms with Gasteiger partial charge in [0.2, 0.25) is 5.91 Å². The minimum Gasteiger partial charge on any atom is -0.370 e. The highest BCUT2D eigenvalue weighted by Crippen LogP contribution is 2.21. The number of carbonyl (C=O) groups excluding carboxylic acids is 1. The fraction of sp³-hybridized carbons (Fsp3) is 0.632. The topological polar surface area (TPSA) is 32.8 Å². The number of nitrogens with zero attached hydrogens (tertiary/aromatic N) is 2. The summed E-state index contributed by atoms with van der Waals surface area (Å²) >= 11 is 0. The van der Waals surface area contributed by atoms with Crippen molar-refractivity contribution < 1.29 is 13.9 Å². The van der Waals surface area contributed by atoms with Gasteiger partial charge in [0.05, 0.1) is 12.7 Å². The molecule has 0 aliphatic carbocycles. The highest BCUT2D eigenvalue weighted by Gasteiger charge is 2.31. The summed E-state index contributed by atoms with van der Waals surface area (Å²) in [6, 6.07) is 7.21. The molecular formula is C19H27FN2O2. The van der Waals surface area contributed by atoms with E-state index in [0.29, 0.717) is 31.1 Å². The van der Waals surface area contributed by atoms with Crippen LogP contribution in [0.15, 0.2) is 24.3 Å². The van der Waals surface area contributed by atoms with Gasteiger partial charge in [-0.2, -0.15) is 0 Å². The number of likely N-dealkylation sites (tertiary alicyclic amines) is 2. The predicted molar refractivity (Wildman–Crippen MR) is 91.1 cm³/mol. The second-order valence-corrected chi connectivity index (χ2v) is 6.99. The van der Waals surface area contributed by atoms with Gasteiger partial charge in [0, 0.05) is 31.1 Å². The van der Waals surface area contributed by atoms with Gasteiger partial charge in [0.15, 0.2) is 0 Å². The fourth-order valence-electron chi connectivity index (χ4n) is 3.53. The molecule has 5 heteroatoms. The molecule has 0 radical (unpaired) electrons. The first-order valence-electron chi connectivity index (χ1n) is 8.96. The monoisotopic (exact) mass is 334 g/mol. The minimum atomic E-state index is -0.235. The molecule has 0 unspecified atom stereocenters. The molecule has 0 N–H and O–H groups in total. The number of ether oxygens (including phenoxy) is 1. The summed E-state index contributed by atoms with van der Waals surface area (Å²) in [5.74, 6) is -0.0129. The molecule has 2 saturated heterocycles. The molecule has 3 rings (SSSR count). The van der Waals surface area contributed by atoms with Crippen LogP contribution in [0.1, 0.15) is 37.7 Å². The quantitative estimate of drug-likeness (QED) is 0.802. The van der Waals surface area contributed by atoms with E-state index in [4.69, 9.17) is 4.74 Å². The maximum Gasteiger partial charge on any atom is 0.222 e. The Morgan fingerprint density at radius 2 is 2.08 bits per heavy atom. The molecule has 132 valence electrons. The molecule has 1 atom stereocenters. The average Bonchev–Trinajstić information content (AvgIpc) is 2.54. The summed E-state index contributed by atoms with van der Waals surface area (Å²) in [5.41, 5.74) is 0.572. The van der Waals surface area contributed by atoms with Crippen LogP contribution in [-0.2, 0) is 16.1 Å². The molecule has 2 aliphatic rings. The van der Waals surface area contributed by atoms with Gasteiger partial charge in [0.1, 0.15) is 5.82 Å². The van der Waals surface area contributed by atoms with E-state index in [0.717, 1.165) is 13.0 Å². The lowest BCUT2D eigenvalue weighted by Gasteiger charge is -2.39. The highest BCUT2D eigenvalue weighted by molar-refractivity contribution is 5.77. The standard InChI is InChI=1S/C19H27FN2O2/c1-21-11-5-4-7-16(21)9-10-19(23)22-12-17(13-22)24-14-15-6-2-3-8-18(15)20/h2-3,6,8,16-17H,4-5,7,9-14H2,1H3/t16-/m1/s1. The van der Waals surface area contributed by atoms with E-state index in [2.05, 4.69) is 11.9 Å². The lowest BCUT2D eigenvalue weighted by atomic mass is 9.98. The molecule has 1 aromatic rings. The van der Waals surface area contributed by atoms with Gasteiger partial charge in [-0.1, -0.05) is 24.6 Å². The van der Waals surface area contributed by atoms with Crippen LogP contribution in [0.25, 0.3) is 0 Å². The molecule has 2 heterocycles. The van der Waals surface area contributed by atoms with Crippen molar-refractivity contribution in [3.63, 3.8) is 0 Å². The van der Waals surface area contributed by atoms with Gasteiger partial charge < -0.3 is 14.5 Å². The maximum absolute atomic E-state index is 13.5. The largest absolute Gasteiger partial charge is 0.370 e. The van der Waals surface area contributed by atoms with Crippen LogP contribution in [0.4, 0.5) is 4.39 Å². The summed E-state index contributed by atoms with van der Waals surface area (Å²) in [6.07, 6.45) is 5.36. The van der Waals surface area contributed by atoms with Crippen molar-refractivity contribution in [1.29, 1.82) is 0 Å². The van der Waals surface area contributed by atoms with Crippen molar-refractivity contribution in [2.24, 2.45) is 0 Å². The molecular weight excluding hydrogens is 307 g/mol. The van der Waals surface area contributed by atoms with Crippen molar-refractivity contribution in [2.45, 2.75) is 50.9 Å². The maximum atomic E-state index is 13.5. The number of hydrogen-bond donors (Lipinski definition) is 0. The number of amides is 1. The van der Waals surface area contributed by atoms with E-state index in [9.17, 15) is 9.18 Å². The molecule has 1 amide bonds. The Hall–Kier alpha value is -1.46. The average molecular weight is 334 g/mol. The first-order valence-corrected chi connectivity index (χ1v) is 8.96. The zero-order chi connectivity index (χ0) is 16.9. The van der Waals surface area contributed by atoms with Crippen LogP contribution in [0.5, 0.6) is 0 Å². The van der Waals surface area contributed by atoms with E-state index >= 15 is 0 Å². The number of benzene rings is 1. The van der Waals surface area contributed by atoms with E-state index in [1.54, 1.807) is 18.2 Å². The summed E-state index contributed by atoms with van der Waals surface area (Å²) in [5, 5.41) is 0. The van der Waals surface area contributed by atoms with Gasteiger partial charge in [-0.05, 0) is 38.9 Å². The SMILES string of the molecule is CN1CCCC[C@@H]1CCC(=O)N1CC(OCc2ccccc2F)C1. The van der Waals surface area contributed by atoms with Crippen LogP contribution in [0, 0.1) is 5.82 Å². The Labute approximate surface area is 143 Å². The molecule has 2 aliphatic heterocycles. The van der Waals surface area contributed by atoms with Gasteiger partial charge >= 0.3 is 0 Å². The third-order valence-corrected chi connectivity index (χ3v) is 5.25. The summed E-state index contributed by atoms with van der Waals surface area (Å²) in [7, 11) is 2.16. The number of rotatable bonds is 6. The third-order valence-electron chi connectivity index (χ3n) is 5.25. The molecule has 24 heavy (non-hydrogen) atoms. The summed E-state index contributed by atoms with van der Waals surface area (Å²) in [4.78, 5) is 16.5. The number of carbonyl (C=O) groups is 1. The van der Waals surface area contributed by atoms with E-state index in [-0.39, 0.29) is 24.4 Å². The van der Waals surface area contributed by atoms with Crippen molar-refractivity contribution >= 4 is 5.91 Å². The second kappa shape index (κ2) is 8.08. The Morgan fingerprint density at radius 1 is 1.29 bits per heavy atom. The van der Waals surface area contributed by atoms with Gasteiger partial charge in [-0.25, -0.2) is 4.39 Å². The molecule has 4 nitrogen and oxygen atoms in total. The van der Waals surface area contributed by atoms with Crippen LogP contribution < -0.4 is 0 Å². The molecule has 0 spiro atoms. The summed E-state index contributed by atoms with van der Waals surface area (Å²) in [6.45, 7) is 2.68. The molecule has 2 fully saturated rings. The normalized spacial score (nSPS) is 22.4. The zero-order valence-corrected chi connectivity index (χ0v) is 14.4. The number of hydrogen-bond acceptors (Lipinski definition) is 3. The van der Waals surface area contributed by atoms with Crippen molar-refractivity contribution in [3.05, 3.63) is 35.6 Å². The van der Waals surface area contributed by atoms with Gasteiger partial charge in [0.25, 0.3) is 0 Å². The van der Waals surface area contributed by atoms with Crippen LogP contribution >= 0.6 is 0 Å². The zero-order valence-electron chi connectivity index (χ0n) is 14.4. The first kappa shape index (κ1) is 17.4. The Kier molecular flexibility index (Phi) is 5.85. The smallest absolute Gasteiger partial charge is 0.222 e. The molecule has 0 saturated carbocycles. The Morgan fingerprint density at radius 3 is 2.83 bits per heavy atom. The third kappa shape index (κ3) is 4.33. The highest BCUT2D eigenvalue weighted by atomic mass is 19.1. The Bertz CT molecular complexity index is 560. The fourth-order valence-corrected chi connectivity index (χ4v) is 3.53. The van der Waals surface area contributed by atoms with E-state index < -0.39 is 0 Å². The van der Waals surface area contributed by atoms with Crippen LogP contribution in [0.2, 0.25) is 0 Å². The second-order valence-electron chi connectivity index (χ2n) is 6.99. The van der Waals surface area contributed by atoms with Crippen molar-refractivity contribution in [2.75, 3.05) is 26.7 Å². The minimum absolute atomic E-state index is 0.0333. The number of halogens is 1. The first-order chi connectivity index (χ1) is 11.6. The van der Waals surface area contributed by atoms with Crippen molar-refractivity contribution in [1.82, 2.24) is 9.80 Å². The van der Waals surface area contributed by atoms with E-state index in [1.165, 1.54) is 25.3 Å². The number of piperidine rings is 1. The van der Waals surface area contributed by atoms with Crippen LogP contribution in [-0.4, -0.2) is 54.5 Å². The molecule has 1 aromatic carbocycles. The Balaban J connectivity index is 1.34. The molecule has 0 bridgehead atoms. The van der Waals surface area contributed by atoms with Crippen LogP contribution in [0.3, 0.4) is 0 Å². The van der Waals surface area contributed by atoms with Crippen molar-refractivity contribution in [3.8, 4) is 0 Å². The lowest BCUT2D eigenvalue weighted by Crippen LogP contribution is -2.54. The molecule has 0 aromatic heterocycles. The predicted octanol–water partition coefficient (Wildman–Crippen LogP) is 2.82. The van der Waals surface area contributed by atoms with Gasteiger partial charge in [-0.15, -0.1) is 0 Å². The summed E-state index contributed by atoms with van der Waals surface area (Å²) < 4.78 is 19.2. The van der Waals surface area contributed by atoms with E-state index in [1.807, 2.05) is 4.90 Å². The van der Waals surface area contributed by atoms with Gasteiger partial charge in [-0.3, -0.25) is 4.79 Å².